The zero-order valence-corrected chi connectivity index (χ0v) is 16.1. The van der Waals surface area contributed by atoms with E-state index in [0.717, 1.165) is 13.1 Å². The number of carbonyl (C=O) groups excluding carboxylic acids is 1. The van der Waals surface area contributed by atoms with Crippen LogP contribution in [-0.4, -0.2) is 46.3 Å². The first-order chi connectivity index (χ1) is 13.5. The van der Waals surface area contributed by atoms with Crippen molar-refractivity contribution < 1.29 is 4.79 Å². The van der Waals surface area contributed by atoms with Crippen LogP contribution >= 0.6 is 0 Å². The van der Waals surface area contributed by atoms with Gasteiger partial charge < -0.3 is 9.80 Å². The van der Waals surface area contributed by atoms with Gasteiger partial charge in [0.1, 0.15) is 5.69 Å². The summed E-state index contributed by atoms with van der Waals surface area (Å²) in [5.74, 6) is -0.135. The second kappa shape index (κ2) is 7.38. The quantitative estimate of drug-likeness (QED) is 0.765. The maximum absolute atomic E-state index is 13.0. The fraction of sp³-hybridized carbons (Fsp3) is 0.273. The maximum Gasteiger partial charge on any atom is 0.272 e. The van der Waals surface area contributed by atoms with Crippen LogP contribution in [-0.2, 0) is 0 Å². The average Bonchev–Trinajstić information content (AvgIpc) is 3.10. The predicted octanol–water partition coefficient (Wildman–Crippen LogP) is 2.82. The molecule has 0 aliphatic carbocycles. The van der Waals surface area contributed by atoms with Gasteiger partial charge in [-0.15, -0.1) is 0 Å². The van der Waals surface area contributed by atoms with Gasteiger partial charge in [-0.3, -0.25) is 14.7 Å². The number of benzene rings is 2. The summed E-state index contributed by atoms with van der Waals surface area (Å²) in [6.07, 6.45) is 0. The van der Waals surface area contributed by atoms with E-state index >= 15 is 0 Å². The molecule has 1 aliphatic heterocycles. The molecule has 0 bridgehead atoms. The minimum absolute atomic E-state index is 0.0458. The highest BCUT2D eigenvalue weighted by Gasteiger charge is 2.29. The Balaban J connectivity index is 1.52. The van der Waals surface area contributed by atoms with Crippen molar-refractivity contribution in [2.45, 2.75) is 19.9 Å². The fourth-order valence-electron chi connectivity index (χ4n) is 3.83. The first-order valence-electron chi connectivity index (χ1n) is 9.53. The second-order valence-corrected chi connectivity index (χ2v) is 7.26. The summed E-state index contributed by atoms with van der Waals surface area (Å²) in [6, 6.07) is 19.0. The standard InChI is InChI=1S/C22H24N4O2/c1-16-8-6-7-11-20(16)24-12-13-25(17(2)15-24)22(28)19-14-21(27)26(23-19)18-9-4-3-5-10-18/h3-11,14,17,23H,12-13,15H2,1-2H3/t17-/m0/s1. The molecule has 144 valence electrons. The van der Waals surface area contributed by atoms with Crippen molar-refractivity contribution in [3.8, 4) is 5.69 Å². The van der Waals surface area contributed by atoms with Crippen molar-refractivity contribution in [3.05, 3.63) is 82.3 Å². The number of carbonyl (C=O) groups is 1. The molecule has 2 heterocycles. The monoisotopic (exact) mass is 376 g/mol. The summed E-state index contributed by atoms with van der Waals surface area (Å²) in [6.45, 7) is 6.31. The van der Waals surface area contributed by atoms with E-state index in [9.17, 15) is 9.59 Å². The third kappa shape index (κ3) is 3.33. The van der Waals surface area contributed by atoms with Crippen LogP contribution in [0.5, 0.6) is 0 Å². The Morgan fingerprint density at radius 1 is 1.04 bits per heavy atom. The average molecular weight is 376 g/mol. The molecule has 1 N–H and O–H groups in total. The van der Waals surface area contributed by atoms with E-state index in [1.807, 2.05) is 47.4 Å². The Labute approximate surface area is 164 Å². The van der Waals surface area contributed by atoms with Gasteiger partial charge in [-0.05, 0) is 37.6 Å². The summed E-state index contributed by atoms with van der Waals surface area (Å²) >= 11 is 0. The van der Waals surface area contributed by atoms with Crippen LogP contribution in [0.2, 0.25) is 0 Å². The molecule has 2 aromatic carbocycles. The molecule has 1 aliphatic rings. The molecule has 0 spiro atoms. The molecule has 1 amide bonds. The Morgan fingerprint density at radius 3 is 2.46 bits per heavy atom. The number of aromatic nitrogens is 2. The molecule has 1 atom stereocenters. The van der Waals surface area contributed by atoms with Crippen molar-refractivity contribution in [2.75, 3.05) is 24.5 Å². The number of H-pyrrole nitrogens is 1. The molecule has 0 radical (unpaired) electrons. The molecule has 3 aromatic rings. The molecule has 1 fully saturated rings. The largest absolute Gasteiger partial charge is 0.367 e. The topological polar surface area (TPSA) is 61.3 Å². The number of amides is 1. The van der Waals surface area contributed by atoms with Gasteiger partial charge in [-0.25, -0.2) is 4.68 Å². The highest BCUT2D eigenvalue weighted by Crippen LogP contribution is 2.23. The van der Waals surface area contributed by atoms with Crippen LogP contribution in [0.1, 0.15) is 23.0 Å². The van der Waals surface area contributed by atoms with Gasteiger partial charge >= 0.3 is 0 Å². The van der Waals surface area contributed by atoms with Crippen LogP contribution < -0.4 is 10.5 Å². The molecular formula is C22H24N4O2. The molecule has 4 rings (SSSR count). The number of aromatic amines is 1. The van der Waals surface area contributed by atoms with E-state index in [0.29, 0.717) is 17.9 Å². The van der Waals surface area contributed by atoms with Crippen molar-refractivity contribution in [3.63, 3.8) is 0 Å². The van der Waals surface area contributed by atoms with Gasteiger partial charge in [0.05, 0.1) is 5.69 Å². The van der Waals surface area contributed by atoms with Crippen LogP contribution in [0.25, 0.3) is 5.69 Å². The highest BCUT2D eigenvalue weighted by molar-refractivity contribution is 5.92. The van der Waals surface area contributed by atoms with Gasteiger partial charge in [0.25, 0.3) is 11.5 Å². The lowest BCUT2D eigenvalue weighted by Crippen LogP contribution is -2.54. The summed E-state index contributed by atoms with van der Waals surface area (Å²) < 4.78 is 1.40. The van der Waals surface area contributed by atoms with Gasteiger partial charge in [-0.1, -0.05) is 36.4 Å². The number of nitrogens with one attached hydrogen (secondary N) is 1. The molecule has 6 nitrogen and oxygen atoms in total. The van der Waals surface area contributed by atoms with Crippen molar-refractivity contribution in [1.29, 1.82) is 0 Å². The SMILES string of the molecule is Cc1ccccc1N1CCN(C(=O)c2cc(=O)n(-c3ccccc3)[nH]2)[C@@H](C)C1. The van der Waals surface area contributed by atoms with E-state index in [1.165, 1.54) is 22.0 Å². The minimum atomic E-state index is -0.235. The molecule has 28 heavy (non-hydrogen) atoms. The van der Waals surface area contributed by atoms with Crippen LogP contribution in [0, 0.1) is 6.92 Å². The third-order valence-electron chi connectivity index (χ3n) is 5.31. The molecule has 1 aromatic heterocycles. The van der Waals surface area contributed by atoms with Crippen molar-refractivity contribution in [2.24, 2.45) is 0 Å². The second-order valence-electron chi connectivity index (χ2n) is 7.26. The van der Waals surface area contributed by atoms with E-state index in [-0.39, 0.29) is 17.5 Å². The number of anilines is 1. The predicted molar refractivity (Wildman–Crippen MR) is 110 cm³/mol. The minimum Gasteiger partial charge on any atom is -0.367 e. The van der Waals surface area contributed by atoms with Gasteiger partial charge in [0.2, 0.25) is 0 Å². The zero-order chi connectivity index (χ0) is 19.7. The number of hydrogen-bond acceptors (Lipinski definition) is 3. The zero-order valence-electron chi connectivity index (χ0n) is 16.1. The Kier molecular flexibility index (Phi) is 4.77. The molecule has 6 heteroatoms. The Morgan fingerprint density at radius 2 is 1.75 bits per heavy atom. The number of nitrogens with zero attached hydrogens (tertiary/aromatic N) is 3. The van der Waals surface area contributed by atoms with Crippen LogP contribution in [0.4, 0.5) is 5.69 Å². The molecule has 0 saturated carbocycles. The van der Waals surface area contributed by atoms with E-state index < -0.39 is 0 Å². The third-order valence-corrected chi connectivity index (χ3v) is 5.31. The van der Waals surface area contributed by atoms with Gasteiger partial charge in [-0.2, -0.15) is 0 Å². The Bertz CT molecular complexity index is 1040. The van der Waals surface area contributed by atoms with E-state index in [4.69, 9.17) is 0 Å². The van der Waals surface area contributed by atoms with Crippen molar-refractivity contribution >= 4 is 11.6 Å². The number of rotatable bonds is 3. The van der Waals surface area contributed by atoms with Crippen molar-refractivity contribution in [1.82, 2.24) is 14.7 Å². The summed E-state index contributed by atoms with van der Waals surface area (Å²) in [5, 5.41) is 2.97. The normalized spacial score (nSPS) is 17.0. The van der Waals surface area contributed by atoms with Gasteiger partial charge in [0.15, 0.2) is 0 Å². The van der Waals surface area contributed by atoms with Gasteiger partial charge in [0, 0.05) is 37.4 Å². The number of piperazine rings is 1. The fourth-order valence-corrected chi connectivity index (χ4v) is 3.83. The smallest absolute Gasteiger partial charge is 0.272 e. The maximum atomic E-state index is 13.0. The van der Waals surface area contributed by atoms with Crippen LogP contribution in [0.3, 0.4) is 0 Å². The number of aryl methyl sites for hydroxylation is 1. The highest BCUT2D eigenvalue weighted by atomic mass is 16.2. The first kappa shape index (κ1) is 18.1. The molecule has 1 saturated heterocycles. The van der Waals surface area contributed by atoms with E-state index in [2.05, 4.69) is 36.0 Å². The lowest BCUT2D eigenvalue weighted by atomic mass is 10.1. The first-order valence-corrected chi connectivity index (χ1v) is 9.53. The van der Waals surface area contributed by atoms with Crippen LogP contribution in [0.15, 0.2) is 65.5 Å². The summed E-state index contributed by atoms with van der Waals surface area (Å²) in [4.78, 5) is 29.5. The molecule has 0 unspecified atom stereocenters. The lowest BCUT2D eigenvalue weighted by molar-refractivity contribution is 0.0667. The molecular weight excluding hydrogens is 352 g/mol. The summed E-state index contributed by atoms with van der Waals surface area (Å²) in [5.41, 5.74) is 3.25. The van der Waals surface area contributed by atoms with E-state index in [1.54, 1.807) is 0 Å². The number of hydrogen-bond donors (Lipinski definition) is 1. The number of para-hydroxylation sites is 2. The summed E-state index contributed by atoms with van der Waals surface area (Å²) in [7, 11) is 0. The lowest BCUT2D eigenvalue weighted by Gasteiger charge is -2.41. The Hall–Kier alpha value is -3.28.